The highest BCUT2D eigenvalue weighted by Gasteiger charge is 2.49. The average Bonchev–Trinajstić information content (AvgIpc) is 2.99. The Bertz CT molecular complexity index is 596. The number of methoxy groups -OCH3 is 1. The lowest BCUT2D eigenvalue weighted by molar-refractivity contribution is -0.181. The summed E-state index contributed by atoms with van der Waals surface area (Å²) < 4.78 is 21.9. The smallest absolute Gasteiger partial charge is 0.254 e. The lowest BCUT2D eigenvalue weighted by Crippen LogP contribution is -2.67. The van der Waals surface area contributed by atoms with Gasteiger partial charge in [-0.15, -0.1) is 0 Å². The zero-order valence-electron chi connectivity index (χ0n) is 12.5. The maximum atomic E-state index is 12.5. The molecule has 0 aromatic heterocycles. The molecule has 4 rings (SSSR count). The molecule has 0 aliphatic carbocycles. The molecule has 3 aliphatic rings. The van der Waals surface area contributed by atoms with Crippen LogP contribution in [0.1, 0.15) is 23.2 Å². The van der Waals surface area contributed by atoms with Gasteiger partial charge < -0.3 is 23.8 Å². The van der Waals surface area contributed by atoms with Crippen LogP contribution >= 0.6 is 0 Å². The molecule has 0 bridgehead atoms. The van der Waals surface area contributed by atoms with Gasteiger partial charge >= 0.3 is 0 Å². The van der Waals surface area contributed by atoms with E-state index >= 15 is 0 Å². The van der Waals surface area contributed by atoms with E-state index in [1.54, 1.807) is 25.3 Å². The largest absolute Gasteiger partial charge is 0.454 e. The summed E-state index contributed by atoms with van der Waals surface area (Å²) in [5.74, 6) is 1.33. The number of ether oxygens (including phenoxy) is 4. The van der Waals surface area contributed by atoms with Crippen molar-refractivity contribution < 1.29 is 23.7 Å². The standard InChI is InChI=1S/C16H19NO5/c1-19-12-4-5-22-16(7-12)8-17(9-16)15(18)11-2-3-13-14(6-11)21-10-20-13/h2-3,6,12H,4-5,7-10H2,1H3/t12-/m1/s1. The molecule has 6 nitrogen and oxygen atoms in total. The molecule has 3 heterocycles. The zero-order chi connectivity index (χ0) is 15.2. The minimum absolute atomic E-state index is 0.00654. The molecule has 1 atom stereocenters. The number of benzene rings is 1. The number of fused-ring (bicyclic) bond motifs is 1. The number of carbonyl (C=O) groups is 1. The van der Waals surface area contributed by atoms with Gasteiger partial charge in [0.15, 0.2) is 11.5 Å². The van der Waals surface area contributed by atoms with Crippen molar-refractivity contribution in [2.45, 2.75) is 24.5 Å². The third kappa shape index (κ3) is 2.23. The summed E-state index contributed by atoms with van der Waals surface area (Å²) in [6, 6.07) is 5.30. The van der Waals surface area contributed by atoms with Crippen molar-refractivity contribution in [1.82, 2.24) is 4.90 Å². The lowest BCUT2D eigenvalue weighted by atomic mass is 9.84. The Morgan fingerprint density at radius 3 is 2.95 bits per heavy atom. The quantitative estimate of drug-likeness (QED) is 0.827. The van der Waals surface area contributed by atoms with E-state index in [9.17, 15) is 4.79 Å². The van der Waals surface area contributed by atoms with Crippen molar-refractivity contribution in [2.24, 2.45) is 0 Å². The first-order valence-corrected chi connectivity index (χ1v) is 7.55. The fourth-order valence-corrected chi connectivity index (χ4v) is 3.41. The third-order valence-electron chi connectivity index (χ3n) is 4.65. The van der Waals surface area contributed by atoms with Crippen LogP contribution < -0.4 is 9.47 Å². The van der Waals surface area contributed by atoms with Crippen LogP contribution in [0.5, 0.6) is 11.5 Å². The maximum absolute atomic E-state index is 12.5. The van der Waals surface area contributed by atoms with Crippen LogP contribution in [0.25, 0.3) is 0 Å². The Morgan fingerprint density at radius 1 is 1.32 bits per heavy atom. The Balaban J connectivity index is 1.43. The van der Waals surface area contributed by atoms with Crippen LogP contribution in [0, 0.1) is 0 Å². The first-order valence-electron chi connectivity index (χ1n) is 7.55. The summed E-state index contributed by atoms with van der Waals surface area (Å²) in [5.41, 5.74) is 0.406. The van der Waals surface area contributed by atoms with Crippen molar-refractivity contribution >= 4 is 5.91 Å². The van der Waals surface area contributed by atoms with Gasteiger partial charge in [0.25, 0.3) is 5.91 Å². The topological polar surface area (TPSA) is 57.2 Å². The van der Waals surface area contributed by atoms with E-state index in [1.807, 2.05) is 4.90 Å². The molecule has 1 spiro atoms. The number of hydrogen-bond acceptors (Lipinski definition) is 5. The van der Waals surface area contributed by atoms with E-state index in [0.717, 1.165) is 12.8 Å². The van der Waals surface area contributed by atoms with Crippen molar-refractivity contribution in [2.75, 3.05) is 33.6 Å². The Hall–Kier alpha value is -1.79. The minimum Gasteiger partial charge on any atom is -0.454 e. The molecule has 6 heteroatoms. The second-order valence-electron chi connectivity index (χ2n) is 6.11. The normalized spacial score (nSPS) is 25.1. The van der Waals surface area contributed by atoms with Crippen LogP contribution in [0.2, 0.25) is 0 Å². The Morgan fingerprint density at radius 2 is 2.14 bits per heavy atom. The van der Waals surface area contributed by atoms with Crippen molar-refractivity contribution in [3.05, 3.63) is 23.8 Å². The van der Waals surface area contributed by atoms with E-state index in [0.29, 0.717) is 36.8 Å². The molecule has 3 aliphatic heterocycles. The fourth-order valence-electron chi connectivity index (χ4n) is 3.41. The fraction of sp³-hybridized carbons (Fsp3) is 0.562. The summed E-state index contributed by atoms with van der Waals surface area (Å²) in [5, 5.41) is 0. The van der Waals surface area contributed by atoms with Gasteiger partial charge in [-0.1, -0.05) is 0 Å². The van der Waals surface area contributed by atoms with Crippen molar-refractivity contribution in [1.29, 1.82) is 0 Å². The van der Waals surface area contributed by atoms with Gasteiger partial charge in [-0.3, -0.25) is 4.79 Å². The van der Waals surface area contributed by atoms with Gasteiger partial charge in [-0.2, -0.15) is 0 Å². The number of carbonyl (C=O) groups excluding carboxylic acids is 1. The Kier molecular flexibility index (Phi) is 3.23. The van der Waals surface area contributed by atoms with E-state index in [4.69, 9.17) is 18.9 Å². The van der Waals surface area contributed by atoms with Crippen LogP contribution in [0.4, 0.5) is 0 Å². The lowest BCUT2D eigenvalue weighted by Gasteiger charge is -2.52. The van der Waals surface area contributed by atoms with Crippen molar-refractivity contribution in [3.63, 3.8) is 0 Å². The van der Waals surface area contributed by atoms with Gasteiger partial charge in [0.1, 0.15) is 5.60 Å². The number of likely N-dealkylation sites (tertiary alicyclic amines) is 1. The molecule has 22 heavy (non-hydrogen) atoms. The second kappa shape index (κ2) is 5.14. The molecule has 0 unspecified atom stereocenters. The molecule has 2 saturated heterocycles. The summed E-state index contributed by atoms with van der Waals surface area (Å²) >= 11 is 0. The molecule has 1 aromatic rings. The Labute approximate surface area is 128 Å². The van der Waals surface area contributed by atoms with Gasteiger partial charge in [0.2, 0.25) is 6.79 Å². The van der Waals surface area contributed by atoms with Gasteiger partial charge in [0.05, 0.1) is 19.2 Å². The van der Waals surface area contributed by atoms with Crippen LogP contribution in [0.15, 0.2) is 18.2 Å². The molecule has 1 aromatic carbocycles. The molecular weight excluding hydrogens is 286 g/mol. The predicted molar refractivity (Wildman–Crippen MR) is 77.2 cm³/mol. The number of nitrogens with zero attached hydrogens (tertiary/aromatic N) is 1. The zero-order valence-corrected chi connectivity index (χ0v) is 12.5. The molecule has 0 saturated carbocycles. The average molecular weight is 305 g/mol. The van der Waals surface area contributed by atoms with Crippen molar-refractivity contribution in [3.8, 4) is 11.5 Å². The van der Waals surface area contributed by atoms with E-state index in [1.165, 1.54) is 0 Å². The summed E-state index contributed by atoms with van der Waals surface area (Å²) in [6.07, 6.45) is 2.01. The van der Waals surface area contributed by atoms with Gasteiger partial charge in [0, 0.05) is 25.7 Å². The highest BCUT2D eigenvalue weighted by molar-refractivity contribution is 5.95. The molecule has 2 fully saturated rings. The molecule has 1 amide bonds. The van der Waals surface area contributed by atoms with Crippen LogP contribution in [-0.4, -0.2) is 56.1 Å². The summed E-state index contributed by atoms with van der Waals surface area (Å²) in [6.45, 7) is 2.16. The van der Waals surface area contributed by atoms with E-state index < -0.39 is 0 Å². The number of amides is 1. The monoisotopic (exact) mass is 305 g/mol. The summed E-state index contributed by atoms with van der Waals surface area (Å²) in [4.78, 5) is 14.4. The predicted octanol–water partition coefficient (Wildman–Crippen LogP) is 1.44. The van der Waals surface area contributed by atoms with E-state index in [-0.39, 0.29) is 24.4 Å². The highest BCUT2D eigenvalue weighted by Crippen LogP contribution is 2.37. The minimum atomic E-state index is -0.217. The third-order valence-corrected chi connectivity index (χ3v) is 4.65. The first kappa shape index (κ1) is 13.8. The second-order valence-corrected chi connectivity index (χ2v) is 6.11. The molecule has 0 radical (unpaired) electrons. The van der Waals surface area contributed by atoms with Gasteiger partial charge in [-0.05, 0) is 24.6 Å². The highest BCUT2D eigenvalue weighted by atomic mass is 16.7. The molecule has 118 valence electrons. The van der Waals surface area contributed by atoms with E-state index in [2.05, 4.69) is 0 Å². The van der Waals surface area contributed by atoms with Gasteiger partial charge in [-0.25, -0.2) is 0 Å². The molecular formula is C16H19NO5. The number of rotatable bonds is 2. The first-order chi connectivity index (χ1) is 10.7. The SMILES string of the molecule is CO[C@@H]1CCOC2(C1)CN(C(=O)c1ccc3c(c1)OCO3)C2. The summed E-state index contributed by atoms with van der Waals surface area (Å²) in [7, 11) is 1.73. The van der Waals surface area contributed by atoms with Crippen LogP contribution in [0.3, 0.4) is 0 Å². The molecule has 0 N–H and O–H groups in total. The van der Waals surface area contributed by atoms with Crippen LogP contribution in [-0.2, 0) is 9.47 Å². The maximum Gasteiger partial charge on any atom is 0.254 e. The number of hydrogen-bond donors (Lipinski definition) is 0.